The SMILES string of the molecule is CCSCCNC(N)=NCc1ccccc1. The second-order valence-electron chi connectivity index (χ2n) is 3.31. The zero-order chi connectivity index (χ0) is 11.6. The highest BCUT2D eigenvalue weighted by atomic mass is 32.2. The maximum absolute atomic E-state index is 5.73. The van der Waals surface area contributed by atoms with E-state index in [-0.39, 0.29) is 0 Å². The molecule has 0 aromatic heterocycles. The third-order valence-electron chi connectivity index (χ3n) is 2.03. The number of nitrogens with zero attached hydrogens (tertiary/aromatic N) is 1. The van der Waals surface area contributed by atoms with Crippen LogP contribution in [0.2, 0.25) is 0 Å². The Balaban J connectivity index is 2.23. The maximum atomic E-state index is 5.73. The van der Waals surface area contributed by atoms with Gasteiger partial charge in [0, 0.05) is 12.3 Å². The van der Waals surface area contributed by atoms with Crippen molar-refractivity contribution in [2.45, 2.75) is 13.5 Å². The van der Waals surface area contributed by atoms with Crippen molar-refractivity contribution >= 4 is 17.7 Å². The van der Waals surface area contributed by atoms with Gasteiger partial charge in [0.25, 0.3) is 0 Å². The van der Waals surface area contributed by atoms with Crippen molar-refractivity contribution in [3.8, 4) is 0 Å². The van der Waals surface area contributed by atoms with Crippen LogP contribution in [0, 0.1) is 0 Å². The molecule has 0 saturated carbocycles. The molecule has 0 unspecified atom stereocenters. The summed E-state index contributed by atoms with van der Waals surface area (Å²) in [6.07, 6.45) is 0. The van der Waals surface area contributed by atoms with Gasteiger partial charge in [-0.25, -0.2) is 4.99 Å². The van der Waals surface area contributed by atoms with Crippen LogP contribution in [0.1, 0.15) is 12.5 Å². The Morgan fingerprint density at radius 3 is 2.81 bits per heavy atom. The predicted molar refractivity (Wildman–Crippen MR) is 72.8 cm³/mol. The molecule has 0 aliphatic carbocycles. The van der Waals surface area contributed by atoms with Gasteiger partial charge in [-0.2, -0.15) is 11.8 Å². The number of benzene rings is 1. The monoisotopic (exact) mass is 237 g/mol. The molecule has 1 aromatic rings. The van der Waals surface area contributed by atoms with Crippen molar-refractivity contribution in [1.82, 2.24) is 5.32 Å². The van der Waals surface area contributed by atoms with Crippen LogP contribution in [-0.4, -0.2) is 24.0 Å². The Labute approximate surface area is 102 Å². The molecule has 88 valence electrons. The van der Waals surface area contributed by atoms with Crippen LogP contribution >= 0.6 is 11.8 Å². The maximum Gasteiger partial charge on any atom is 0.188 e. The normalized spacial score (nSPS) is 11.4. The van der Waals surface area contributed by atoms with E-state index in [1.165, 1.54) is 5.56 Å². The number of thioether (sulfide) groups is 1. The molecule has 0 bridgehead atoms. The zero-order valence-electron chi connectivity index (χ0n) is 9.65. The van der Waals surface area contributed by atoms with Gasteiger partial charge < -0.3 is 11.1 Å². The van der Waals surface area contributed by atoms with Gasteiger partial charge in [-0.1, -0.05) is 37.3 Å². The summed E-state index contributed by atoms with van der Waals surface area (Å²) in [6.45, 7) is 3.67. The number of nitrogens with one attached hydrogen (secondary N) is 1. The van der Waals surface area contributed by atoms with Crippen LogP contribution in [0.5, 0.6) is 0 Å². The molecule has 0 aliphatic heterocycles. The number of nitrogens with two attached hydrogens (primary N) is 1. The van der Waals surface area contributed by atoms with Gasteiger partial charge in [0.2, 0.25) is 0 Å². The van der Waals surface area contributed by atoms with Crippen LogP contribution < -0.4 is 11.1 Å². The van der Waals surface area contributed by atoms with Gasteiger partial charge in [-0.05, 0) is 11.3 Å². The number of guanidine groups is 1. The van der Waals surface area contributed by atoms with E-state index in [1.807, 2.05) is 42.1 Å². The van der Waals surface area contributed by atoms with Gasteiger partial charge in [0.15, 0.2) is 5.96 Å². The van der Waals surface area contributed by atoms with E-state index in [0.717, 1.165) is 18.1 Å². The zero-order valence-corrected chi connectivity index (χ0v) is 10.5. The summed E-state index contributed by atoms with van der Waals surface area (Å²) in [4.78, 5) is 4.27. The summed E-state index contributed by atoms with van der Waals surface area (Å²) in [5, 5.41) is 3.09. The van der Waals surface area contributed by atoms with E-state index < -0.39 is 0 Å². The lowest BCUT2D eigenvalue weighted by atomic mass is 10.2. The van der Waals surface area contributed by atoms with Crippen LogP contribution in [0.15, 0.2) is 35.3 Å². The first-order valence-corrected chi connectivity index (χ1v) is 6.64. The fourth-order valence-corrected chi connectivity index (χ4v) is 1.75. The first-order valence-electron chi connectivity index (χ1n) is 5.48. The Morgan fingerprint density at radius 1 is 1.38 bits per heavy atom. The molecule has 0 fully saturated rings. The van der Waals surface area contributed by atoms with Gasteiger partial charge in [0.05, 0.1) is 6.54 Å². The lowest BCUT2D eigenvalue weighted by Crippen LogP contribution is -2.33. The fraction of sp³-hybridized carbons (Fsp3) is 0.417. The molecule has 0 atom stereocenters. The molecule has 0 spiro atoms. The summed E-state index contributed by atoms with van der Waals surface area (Å²) in [7, 11) is 0. The average Bonchev–Trinajstić information content (AvgIpc) is 2.33. The number of hydrogen-bond donors (Lipinski definition) is 2. The Morgan fingerprint density at radius 2 is 2.12 bits per heavy atom. The van der Waals surface area contributed by atoms with Crippen molar-refractivity contribution < 1.29 is 0 Å². The van der Waals surface area contributed by atoms with E-state index in [4.69, 9.17) is 5.73 Å². The van der Waals surface area contributed by atoms with Crippen molar-refractivity contribution in [2.24, 2.45) is 10.7 Å². The lowest BCUT2D eigenvalue weighted by Gasteiger charge is -2.04. The third kappa shape index (κ3) is 5.66. The molecule has 16 heavy (non-hydrogen) atoms. The summed E-state index contributed by atoms with van der Waals surface area (Å²) in [5.74, 6) is 2.74. The molecule has 0 aliphatic rings. The van der Waals surface area contributed by atoms with Crippen LogP contribution in [0.25, 0.3) is 0 Å². The molecule has 0 amide bonds. The first-order chi connectivity index (χ1) is 7.83. The lowest BCUT2D eigenvalue weighted by molar-refractivity contribution is 0.932. The quantitative estimate of drug-likeness (QED) is 0.451. The molecule has 0 heterocycles. The second-order valence-corrected chi connectivity index (χ2v) is 4.70. The van der Waals surface area contributed by atoms with Crippen molar-refractivity contribution in [2.75, 3.05) is 18.1 Å². The topological polar surface area (TPSA) is 50.4 Å². The highest BCUT2D eigenvalue weighted by Crippen LogP contribution is 1.99. The minimum atomic E-state index is 0.528. The summed E-state index contributed by atoms with van der Waals surface area (Å²) >= 11 is 1.89. The highest BCUT2D eigenvalue weighted by Gasteiger charge is 1.92. The Hall–Kier alpha value is -1.16. The van der Waals surface area contributed by atoms with Crippen LogP contribution in [0.4, 0.5) is 0 Å². The standard InChI is InChI=1S/C12H19N3S/c1-2-16-9-8-14-12(13)15-10-11-6-4-3-5-7-11/h3-7H,2,8-10H2,1H3,(H3,13,14,15). The smallest absolute Gasteiger partial charge is 0.188 e. The molecule has 1 aromatic carbocycles. The van der Waals surface area contributed by atoms with Crippen LogP contribution in [-0.2, 0) is 6.54 Å². The van der Waals surface area contributed by atoms with Crippen molar-refractivity contribution in [3.63, 3.8) is 0 Å². The van der Waals surface area contributed by atoms with Gasteiger partial charge in [0.1, 0.15) is 0 Å². The van der Waals surface area contributed by atoms with E-state index in [1.54, 1.807) is 0 Å². The highest BCUT2D eigenvalue weighted by molar-refractivity contribution is 7.99. The molecular formula is C12H19N3S. The van der Waals surface area contributed by atoms with Crippen molar-refractivity contribution in [1.29, 1.82) is 0 Å². The minimum absolute atomic E-state index is 0.528. The van der Waals surface area contributed by atoms with E-state index in [9.17, 15) is 0 Å². The molecule has 1 rings (SSSR count). The first kappa shape index (κ1) is 12.9. The minimum Gasteiger partial charge on any atom is -0.370 e. The number of rotatable bonds is 6. The summed E-state index contributed by atoms with van der Waals surface area (Å²) in [6, 6.07) is 10.1. The second kappa shape index (κ2) is 8.05. The Bertz CT molecular complexity index is 311. The van der Waals surface area contributed by atoms with Crippen molar-refractivity contribution in [3.05, 3.63) is 35.9 Å². The largest absolute Gasteiger partial charge is 0.370 e. The summed E-state index contributed by atoms with van der Waals surface area (Å²) < 4.78 is 0. The van der Waals surface area contributed by atoms with Gasteiger partial charge >= 0.3 is 0 Å². The third-order valence-corrected chi connectivity index (χ3v) is 2.93. The molecule has 4 heteroatoms. The Kier molecular flexibility index (Phi) is 6.49. The molecular weight excluding hydrogens is 218 g/mol. The predicted octanol–water partition coefficient (Wildman–Crippen LogP) is 1.84. The van der Waals surface area contributed by atoms with Gasteiger partial charge in [-0.3, -0.25) is 0 Å². The molecule has 3 nitrogen and oxygen atoms in total. The fourth-order valence-electron chi connectivity index (χ4n) is 1.21. The van der Waals surface area contributed by atoms with E-state index >= 15 is 0 Å². The summed E-state index contributed by atoms with van der Waals surface area (Å²) in [5.41, 5.74) is 6.91. The number of aliphatic imine (C=N–C) groups is 1. The molecule has 0 saturated heterocycles. The molecule has 3 N–H and O–H groups in total. The number of hydrogen-bond acceptors (Lipinski definition) is 2. The van der Waals surface area contributed by atoms with Gasteiger partial charge in [-0.15, -0.1) is 0 Å². The van der Waals surface area contributed by atoms with E-state index in [0.29, 0.717) is 12.5 Å². The van der Waals surface area contributed by atoms with Crippen LogP contribution in [0.3, 0.4) is 0 Å². The molecule has 0 radical (unpaired) electrons. The average molecular weight is 237 g/mol. The van der Waals surface area contributed by atoms with E-state index in [2.05, 4.69) is 17.2 Å².